The van der Waals surface area contributed by atoms with Gasteiger partial charge in [0.1, 0.15) is 6.54 Å². The molecule has 0 spiro atoms. The van der Waals surface area contributed by atoms with Crippen LogP contribution < -0.4 is 10.2 Å². The molecule has 2 aromatic rings. The van der Waals surface area contributed by atoms with Crippen LogP contribution in [0, 0.1) is 6.92 Å². The van der Waals surface area contributed by atoms with Gasteiger partial charge in [-0.3, -0.25) is 4.90 Å². The van der Waals surface area contributed by atoms with Crippen molar-refractivity contribution >= 4 is 16.9 Å². The van der Waals surface area contributed by atoms with Gasteiger partial charge < -0.3 is 5.32 Å². The van der Waals surface area contributed by atoms with E-state index in [4.69, 9.17) is 0 Å². The van der Waals surface area contributed by atoms with E-state index in [0.717, 1.165) is 30.8 Å². The first-order valence-corrected chi connectivity index (χ1v) is 8.62. The van der Waals surface area contributed by atoms with E-state index >= 15 is 0 Å². The second-order valence-corrected chi connectivity index (χ2v) is 6.63. The third kappa shape index (κ3) is 4.36. The van der Waals surface area contributed by atoms with E-state index in [0.29, 0.717) is 0 Å². The molecule has 0 aromatic heterocycles. The van der Waals surface area contributed by atoms with Gasteiger partial charge in [0.15, 0.2) is 18.5 Å². The minimum Gasteiger partial charge on any atom is -0.318 e. The molecule has 1 aliphatic rings. The Hall–Kier alpha value is -1.78. The third-order valence-electron chi connectivity index (χ3n) is 3.73. The number of quaternary nitrogens is 1. The van der Waals surface area contributed by atoms with E-state index in [1.54, 1.807) is 11.8 Å². The third-order valence-corrected chi connectivity index (χ3v) is 4.75. The molecule has 1 aliphatic heterocycles. The summed E-state index contributed by atoms with van der Waals surface area (Å²) in [7, 11) is 0. The first-order valence-electron chi connectivity index (χ1n) is 7.64. The summed E-state index contributed by atoms with van der Waals surface area (Å²) >= 11 is 1.79. The molecule has 0 bridgehead atoms. The predicted molar refractivity (Wildman–Crippen MR) is 93.9 cm³/mol. The summed E-state index contributed by atoms with van der Waals surface area (Å²) in [6.07, 6.45) is 0. The van der Waals surface area contributed by atoms with Crippen LogP contribution in [0.4, 0.5) is 0 Å². The van der Waals surface area contributed by atoms with Gasteiger partial charge in [0, 0.05) is 11.3 Å². The van der Waals surface area contributed by atoms with Gasteiger partial charge >= 0.3 is 0 Å². The second kappa shape index (κ2) is 7.47. The summed E-state index contributed by atoms with van der Waals surface area (Å²) < 4.78 is 0. The Kier molecular flexibility index (Phi) is 5.14. The lowest BCUT2D eigenvalue weighted by Crippen LogP contribution is -3.13. The van der Waals surface area contributed by atoms with Crippen molar-refractivity contribution in [3.8, 4) is 0 Å². The van der Waals surface area contributed by atoms with Crippen molar-refractivity contribution in [2.75, 3.05) is 13.3 Å². The highest BCUT2D eigenvalue weighted by atomic mass is 32.2. The molecule has 3 nitrogen and oxygen atoms in total. The van der Waals surface area contributed by atoms with Crippen molar-refractivity contribution in [3.63, 3.8) is 0 Å². The molecule has 0 aliphatic carbocycles. The molecule has 1 unspecified atom stereocenters. The molecule has 4 heteroatoms. The molecular weight excluding hydrogens is 290 g/mol. The van der Waals surface area contributed by atoms with E-state index < -0.39 is 0 Å². The summed E-state index contributed by atoms with van der Waals surface area (Å²) in [5, 5.41) is 4.51. The number of rotatable bonds is 4. The first-order chi connectivity index (χ1) is 10.8. The molecule has 114 valence electrons. The highest BCUT2D eigenvalue weighted by Gasteiger charge is 2.15. The van der Waals surface area contributed by atoms with E-state index in [-0.39, 0.29) is 0 Å². The standard InChI is InChI=1S/C18H21N3S/c1-15-7-9-17(10-8-15)12-22-18-19-13-21(14-20-18)11-16-5-3-2-4-6-16/h2-10H,11-14H2,1H3,(H,19,20)/p+1. The zero-order chi connectivity index (χ0) is 15.2. The maximum Gasteiger partial charge on any atom is 0.175 e. The highest BCUT2D eigenvalue weighted by Crippen LogP contribution is 2.13. The molecular formula is C18H22N3S+. The number of benzene rings is 2. The molecule has 0 saturated heterocycles. The molecule has 0 saturated carbocycles. The highest BCUT2D eigenvalue weighted by molar-refractivity contribution is 8.13. The monoisotopic (exact) mass is 312 g/mol. The van der Waals surface area contributed by atoms with Gasteiger partial charge in [0.25, 0.3) is 0 Å². The Morgan fingerprint density at radius 2 is 1.82 bits per heavy atom. The van der Waals surface area contributed by atoms with Gasteiger partial charge in [0.05, 0.1) is 0 Å². The van der Waals surface area contributed by atoms with E-state index in [1.807, 2.05) is 0 Å². The van der Waals surface area contributed by atoms with Gasteiger partial charge in [0.2, 0.25) is 0 Å². The van der Waals surface area contributed by atoms with E-state index in [1.165, 1.54) is 21.6 Å². The predicted octanol–water partition coefficient (Wildman–Crippen LogP) is 2.19. The van der Waals surface area contributed by atoms with Crippen molar-refractivity contribution in [1.82, 2.24) is 5.32 Å². The summed E-state index contributed by atoms with van der Waals surface area (Å²) in [6.45, 7) is 4.92. The normalized spacial score (nSPS) is 17.7. The molecule has 0 amide bonds. The number of aryl methyl sites for hydroxylation is 1. The second-order valence-electron chi connectivity index (χ2n) is 5.66. The summed E-state index contributed by atoms with van der Waals surface area (Å²) in [6, 6.07) is 19.3. The van der Waals surface area contributed by atoms with E-state index in [2.05, 4.69) is 71.8 Å². The fraction of sp³-hybridized carbons (Fsp3) is 0.278. The summed E-state index contributed by atoms with van der Waals surface area (Å²) in [5.74, 6) is 0.972. The Labute approximate surface area is 136 Å². The Balaban J connectivity index is 1.48. The summed E-state index contributed by atoms with van der Waals surface area (Å²) in [4.78, 5) is 6.12. The van der Waals surface area contributed by atoms with Crippen LogP contribution in [0.15, 0.2) is 59.6 Å². The Morgan fingerprint density at radius 3 is 2.50 bits per heavy atom. The van der Waals surface area contributed by atoms with Crippen LogP contribution in [0.25, 0.3) is 0 Å². The minimum atomic E-state index is 0.845. The van der Waals surface area contributed by atoms with Crippen LogP contribution in [-0.2, 0) is 12.3 Å². The van der Waals surface area contributed by atoms with Crippen LogP contribution in [0.5, 0.6) is 0 Å². The fourth-order valence-electron chi connectivity index (χ4n) is 2.43. The maximum absolute atomic E-state index is 4.67. The van der Waals surface area contributed by atoms with Crippen molar-refractivity contribution in [2.45, 2.75) is 19.2 Å². The number of hydrogen-bond donors (Lipinski definition) is 2. The van der Waals surface area contributed by atoms with E-state index in [9.17, 15) is 0 Å². The van der Waals surface area contributed by atoms with Crippen LogP contribution in [0.1, 0.15) is 16.7 Å². The lowest BCUT2D eigenvalue weighted by Gasteiger charge is -2.23. The van der Waals surface area contributed by atoms with Crippen molar-refractivity contribution in [1.29, 1.82) is 0 Å². The van der Waals surface area contributed by atoms with Crippen molar-refractivity contribution in [3.05, 3.63) is 71.3 Å². The molecule has 1 heterocycles. The number of amidine groups is 1. The lowest BCUT2D eigenvalue weighted by atomic mass is 10.2. The molecule has 0 radical (unpaired) electrons. The quantitative estimate of drug-likeness (QED) is 0.906. The van der Waals surface area contributed by atoms with Gasteiger partial charge in [-0.25, -0.2) is 4.99 Å². The van der Waals surface area contributed by atoms with Gasteiger partial charge in [-0.15, -0.1) is 0 Å². The molecule has 2 N–H and O–H groups in total. The SMILES string of the molecule is Cc1ccc(CSC2=NC[NH+](Cc3ccccc3)CN2)cc1. The van der Waals surface area contributed by atoms with Crippen LogP contribution in [0.3, 0.4) is 0 Å². The van der Waals surface area contributed by atoms with Gasteiger partial charge in [-0.05, 0) is 12.5 Å². The fourth-order valence-corrected chi connectivity index (χ4v) is 3.26. The first kappa shape index (κ1) is 15.1. The average Bonchev–Trinajstić information content (AvgIpc) is 2.57. The van der Waals surface area contributed by atoms with Gasteiger partial charge in [-0.1, -0.05) is 71.9 Å². The molecule has 3 rings (SSSR count). The number of aliphatic imine (C=N–C) groups is 1. The maximum atomic E-state index is 4.67. The molecule has 22 heavy (non-hydrogen) atoms. The Morgan fingerprint density at radius 1 is 1.05 bits per heavy atom. The minimum absolute atomic E-state index is 0.845. The summed E-state index contributed by atoms with van der Waals surface area (Å²) in [5.41, 5.74) is 4.02. The zero-order valence-electron chi connectivity index (χ0n) is 12.9. The average molecular weight is 312 g/mol. The number of nitrogens with zero attached hydrogens (tertiary/aromatic N) is 1. The topological polar surface area (TPSA) is 28.8 Å². The lowest BCUT2D eigenvalue weighted by molar-refractivity contribution is -0.916. The van der Waals surface area contributed by atoms with Crippen LogP contribution in [-0.4, -0.2) is 18.5 Å². The van der Waals surface area contributed by atoms with Crippen molar-refractivity contribution < 1.29 is 4.90 Å². The largest absolute Gasteiger partial charge is 0.318 e. The Bertz CT molecular complexity index is 623. The number of nitrogens with one attached hydrogen (secondary N) is 2. The number of thioether (sulfide) groups is 1. The number of hydrogen-bond acceptors (Lipinski definition) is 3. The van der Waals surface area contributed by atoms with Crippen molar-refractivity contribution in [2.24, 2.45) is 4.99 Å². The van der Waals surface area contributed by atoms with Crippen LogP contribution >= 0.6 is 11.8 Å². The zero-order valence-corrected chi connectivity index (χ0v) is 13.7. The molecule has 0 fully saturated rings. The van der Waals surface area contributed by atoms with Gasteiger partial charge in [-0.2, -0.15) is 0 Å². The molecule has 2 aromatic carbocycles. The smallest absolute Gasteiger partial charge is 0.175 e. The molecule has 1 atom stereocenters. The van der Waals surface area contributed by atoms with Crippen LogP contribution in [0.2, 0.25) is 0 Å².